The van der Waals surface area contributed by atoms with Gasteiger partial charge in [-0.05, 0) is 84.7 Å². The Balaban J connectivity index is 1.38. The molecule has 0 saturated carbocycles. The summed E-state index contributed by atoms with van der Waals surface area (Å²) in [6.07, 6.45) is 8.81. The summed E-state index contributed by atoms with van der Waals surface area (Å²) in [6, 6.07) is 8.56. The Morgan fingerprint density at radius 2 is 2.09 bits per heavy atom. The number of rotatable bonds is 8. The summed E-state index contributed by atoms with van der Waals surface area (Å²) in [6.45, 7) is 4.26. The maximum absolute atomic E-state index is 6.18. The second-order valence-corrected chi connectivity index (χ2v) is 9.48. The van der Waals surface area contributed by atoms with E-state index in [0.717, 1.165) is 75.1 Å². The number of nitrogens with one attached hydrogen (secondary N) is 2. The van der Waals surface area contributed by atoms with Crippen LogP contribution in [0.4, 0.5) is 5.82 Å². The zero-order chi connectivity index (χ0) is 24.0. The molecular formula is C26H34N8O. The Morgan fingerprint density at radius 3 is 2.94 bits per heavy atom. The van der Waals surface area contributed by atoms with Crippen LogP contribution in [0.1, 0.15) is 53.9 Å². The molecule has 5 rings (SSSR count). The van der Waals surface area contributed by atoms with E-state index in [4.69, 9.17) is 21.2 Å². The lowest BCUT2D eigenvalue weighted by Crippen LogP contribution is -2.23. The Bertz CT molecular complexity index is 1210. The van der Waals surface area contributed by atoms with Crippen molar-refractivity contribution in [3.05, 3.63) is 58.3 Å². The highest BCUT2D eigenvalue weighted by Gasteiger charge is 2.24. The van der Waals surface area contributed by atoms with Gasteiger partial charge in [-0.15, -0.1) is 5.10 Å². The minimum absolute atomic E-state index is 0.000831. The Hall–Kier alpha value is -3.30. The fraction of sp³-hybridized carbons (Fsp3) is 0.462. The second kappa shape index (κ2) is 11.0. The zero-order valence-electron chi connectivity index (χ0n) is 20.0. The average molecular weight is 475 g/mol. The van der Waals surface area contributed by atoms with Crippen LogP contribution in [-0.2, 0) is 24.2 Å². The summed E-state index contributed by atoms with van der Waals surface area (Å²) < 4.78 is 5.55. The van der Waals surface area contributed by atoms with E-state index in [2.05, 4.69) is 43.9 Å². The number of nitrogens with zero attached hydrogens (tertiary/aromatic N) is 4. The summed E-state index contributed by atoms with van der Waals surface area (Å²) in [5.41, 5.74) is 19.5. The number of aliphatic imine (C=N–C) groups is 1. The van der Waals surface area contributed by atoms with Crippen LogP contribution in [0.5, 0.6) is 0 Å². The first-order valence-electron chi connectivity index (χ1n) is 12.5. The quantitative estimate of drug-likeness (QED) is 0.368. The monoisotopic (exact) mass is 474 g/mol. The highest BCUT2D eigenvalue weighted by molar-refractivity contribution is 5.84. The van der Waals surface area contributed by atoms with Crippen LogP contribution in [0.25, 0.3) is 11.2 Å². The first kappa shape index (κ1) is 23.4. The van der Waals surface area contributed by atoms with Gasteiger partial charge in [-0.2, -0.15) is 10.3 Å². The minimum Gasteiger partial charge on any atom is -0.404 e. The number of pyridine rings is 1. The Kier molecular flexibility index (Phi) is 7.34. The number of hydrogen-bond acceptors (Lipinski definition) is 8. The molecule has 1 fully saturated rings. The number of hydrogen-bond donors (Lipinski definition) is 4. The first-order chi connectivity index (χ1) is 17.2. The molecule has 6 N–H and O–H groups in total. The third-order valence-electron chi connectivity index (χ3n) is 7.19. The van der Waals surface area contributed by atoms with Crippen LogP contribution >= 0.6 is 0 Å². The van der Waals surface area contributed by atoms with Crippen molar-refractivity contribution in [2.75, 3.05) is 25.5 Å². The van der Waals surface area contributed by atoms with Gasteiger partial charge in [-0.1, -0.05) is 18.2 Å². The van der Waals surface area contributed by atoms with Crippen LogP contribution in [0.3, 0.4) is 0 Å². The third-order valence-corrected chi connectivity index (χ3v) is 7.19. The molecule has 2 aromatic heterocycles. The van der Waals surface area contributed by atoms with E-state index in [-0.39, 0.29) is 5.92 Å². The van der Waals surface area contributed by atoms with Gasteiger partial charge in [-0.25, -0.2) is 4.98 Å². The van der Waals surface area contributed by atoms with Crippen LogP contribution in [0.15, 0.2) is 41.0 Å². The van der Waals surface area contributed by atoms with Gasteiger partial charge in [0.05, 0.1) is 6.54 Å². The number of aromatic amines is 1. The molecule has 1 unspecified atom stereocenters. The molecule has 35 heavy (non-hydrogen) atoms. The summed E-state index contributed by atoms with van der Waals surface area (Å²) in [4.78, 5) is 9.11. The summed E-state index contributed by atoms with van der Waals surface area (Å²) in [7, 11) is 0. The van der Waals surface area contributed by atoms with Crippen molar-refractivity contribution in [3.63, 3.8) is 0 Å². The fourth-order valence-electron chi connectivity index (χ4n) is 5.22. The van der Waals surface area contributed by atoms with Crippen LogP contribution < -0.4 is 16.8 Å². The summed E-state index contributed by atoms with van der Waals surface area (Å²) >= 11 is 0. The van der Waals surface area contributed by atoms with Crippen molar-refractivity contribution in [2.45, 2.75) is 51.1 Å². The molecule has 9 nitrogen and oxygen atoms in total. The lowest BCUT2D eigenvalue weighted by molar-refractivity contribution is 0.0630. The number of fused-ring (bicyclic) bond motifs is 2. The standard InChI is InChI=1S/C26H34N8O/c27-13-21(16-30-14-18-1-3-20-15-29-8-5-19(20)11-18)22(4-2-17-6-9-35-10-7-17)23-12-24(28)31-26-25(23)32-34-33-26/h1,3,11-13,16-17,22,29H,2,4-10,14-15,27H2,(H3,28,31,32,33,34). The number of nitrogen functional groups attached to an aromatic ring is 1. The number of H-pyrrole nitrogens is 1. The van der Waals surface area contributed by atoms with Gasteiger partial charge >= 0.3 is 0 Å². The third kappa shape index (κ3) is 5.52. The second-order valence-electron chi connectivity index (χ2n) is 9.48. The maximum Gasteiger partial charge on any atom is 0.203 e. The summed E-state index contributed by atoms with van der Waals surface area (Å²) in [5, 5.41) is 14.6. The molecule has 1 atom stereocenters. The van der Waals surface area contributed by atoms with Crippen molar-refractivity contribution in [2.24, 2.45) is 16.6 Å². The number of allylic oxidation sites excluding steroid dienone is 1. The Labute approximate surface area is 205 Å². The van der Waals surface area contributed by atoms with E-state index in [1.54, 1.807) is 6.20 Å². The van der Waals surface area contributed by atoms with Crippen molar-refractivity contribution < 1.29 is 4.74 Å². The fourth-order valence-corrected chi connectivity index (χ4v) is 5.22. The predicted molar refractivity (Wildman–Crippen MR) is 138 cm³/mol. The van der Waals surface area contributed by atoms with Gasteiger partial charge < -0.3 is 21.5 Å². The van der Waals surface area contributed by atoms with Gasteiger partial charge in [0.25, 0.3) is 0 Å². The van der Waals surface area contributed by atoms with Gasteiger partial charge in [0.2, 0.25) is 5.65 Å². The molecule has 2 aliphatic heterocycles. The highest BCUT2D eigenvalue weighted by atomic mass is 16.5. The largest absolute Gasteiger partial charge is 0.404 e. The molecule has 1 aromatic carbocycles. The molecule has 184 valence electrons. The van der Waals surface area contributed by atoms with Crippen LogP contribution in [-0.4, -0.2) is 46.4 Å². The zero-order valence-corrected chi connectivity index (χ0v) is 20.0. The molecule has 9 heteroatoms. The maximum atomic E-state index is 6.18. The number of nitrogens with two attached hydrogens (primary N) is 2. The highest BCUT2D eigenvalue weighted by Crippen LogP contribution is 2.35. The van der Waals surface area contributed by atoms with E-state index < -0.39 is 0 Å². The van der Waals surface area contributed by atoms with E-state index in [1.807, 2.05) is 12.3 Å². The molecule has 0 spiro atoms. The smallest absolute Gasteiger partial charge is 0.203 e. The van der Waals surface area contributed by atoms with Gasteiger partial charge in [0.15, 0.2) is 0 Å². The van der Waals surface area contributed by atoms with E-state index in [1.165, 1.54) is 16.7 Å². The van der Waals surface area contributed by atoms with E-state index in [0.29, 0.717) is 23.9 Å². The number of ether oxygens (including phenoxy) is 1. The molecule has 0 radical (unpaired) electrons. The average Bonchev–Trinajstić information content (AvgIpc) is 3.36. The molecular weight excluding hydrogens is 440 g/mol. The van der Waals surface area contributed by atoms with Crippen molar-refractivity contribution in [1.82, 2.24) is 25.7 Å². The van der Waals surface area contributed by atoms with Gasteiger partial charge in [0.1, 0.15) is 11.3 Å². The summed E-state index contributed by atoms with van der Waals surface area (Å²) in [5.74, 6) is 1.06. The van der Waals surface area contributed by atoms with E-state index in [9.17, 15) is 0 Å². The molecule has 1 saturated heterocycles. The molecule has 2 aliphatic rings. The Morgan fingerprint density at radius 1 is 1.20 bits per heavy atom. The predicted octanol–water partition coefficient (Wildman–Crippen LogP) is 2.98. The normalized spacial score (nSPS) is 18.2. The lowest BCUT2D eigenvalue weighted by Gasteiger charge is -2.25. The van der Waals surface area contributed by atoms with Crippen LogP contribution in [0.2, 0.25) is 0 Å². The number of aromatic nitrogens is 4. The topological polar surface area (TPSA) is 140 Å². The SMILES string of the molecule is NC=C(C=NCc1ccc2c(c1)CCNC2)C(CCC1CCOCC1)c1cc(N)nc2n[nH]nc12. The van der Waals surface area contributed by atoms with Crippen molar-refractivity contribution in [3.8, 4) is 0 Å². The molecule has 3 aromatic rings. The lowest BCUT2D eigenvalue weighted by atomic mass is 9.83. The van der Waals surface area contributed by atoms with Crippen LogP contribution in [0, 0.1) is 5.92 Å². The van der Waals surface area contributed by atoms with Gasteiger partial charge in [-0.3, -0.25) is 4.99 Å². The molecule has 0 amide bonds. The number of benzene rings is 1. The molecule has 4 heterocycles. The number of anilines is 1. The molecule has 0 aliphatic carbocycles. The van der Waals surface area contributed by atoms with Gasteiger partial charge in [0, 0.05) is 31.9 Å². The van der Waals surface area contributed by atoms with Crippen molar-refractivity contribution in [1.29, 1.82) is 0 Å². The van der Waals surface area contributed by atoms with Crippen molar-refractivity contribution >= 4 is 23.2 Å². The minimum atomic E-state index is -0.000831. The molecule has 0 bridgehead atoms. The van der Waals surface area contributed by atoms with E-state index >= 15 is 0 Å². The first-order valence-corrected chi connectivity index (χ1v) is 12.5.